The zero-order valence-electron chi connectivity index (χ0n) is 13.6. The summed E-state index contributed by atoms with van der Waals surface area (Å²) in [5.41, 5.74) is 0.767. The number of aromatic carboxylic acids is 1. The average molecular weight is 362 g/mol. The molecular formula is C16H18N4O4S. The third-order valence-electron chi connectivity index (χ3n) is 4.15. The number of carbonyl (C=O) groups is 1. The maximum atomic E-state index is 11.7. The molecule has 1 aliphatic heterocycles. The Bertz CT molecular complexity index is 901. The minimum atomic E-state index is -2.98. The molecule has 25 heavy (non-hydrogen) atoms. The van der Waals surface area contributed by atoms with Gasteiger partial charge in [0.25, 0.3) is 0 Å². The average Bonchev–Trinajstić information content (AvgIpc) is 2.94. The number of rotatable bonds is 5. The molecule has 1 aromatic carbocycles. The van der Waals surface area contributed by atoms with Crippen LogP contribution in [0.25, 0.3) is 0 Å². The van der Waals surface area contributed by atoms with Gasteiger partial charge in [0.2, 0.25) is 0 Å². The predicted molar refractivity (Wildman–Crippen MR) is 94.2 cm³/mol. The van der Waals surface area contributed by atoms with Crippen molar-refractivity contribution >= 4 is 33.1 Å². The van der Waals surface area contributed by atoms with Gasteiger partial charge in [0, 0.05) is 24.8 Å². The second kappa shape index (κ2) is 6.67. The Kier molecular flexibility index (Phi) is 4.58. The Balaban J connectivity index is 1.78. The van der Waals surface area contributed by atoms with Crippen LogP contribution < -0.4 is 10.2 Å². The van der Waals surface area contributed by atoms with Crippen LogP contribution in [-0.2, 0) is 9.84 Å². The number of carboxylic acids is 1. The lowest BCUT2D eigenvalue weighted by Crippen LogP contribution is -2.33. The van der Waals surface area contributed by atoms with Gasteiger partial charge in [-0.2, -0.15) is 0 Å². The molecule has 0 spiro atoms. The molecule has 1 saturated heterocycles. The van der Waals surface area contributed by atoms with Crippen LogP contribution in [0.2, 0.25) is 0 Å². The van der Waals surface area contributed by atoms with Crippen molar-refractivity contribution in [1.82, 2.24) is 9.97 Å². The summed E-state index contributed by atoms with van der Waals surface area (Å²) in [5, 5.41) is 12.1. The first-order chi connectivity index (χ1) is 11.8. The Morgan fingerprint density at radius 1 is 1.32 bits per heavy atom. The fourth-order valence-electron chi connectivity index (χ4n) is 2.75. The van der Waals surface area contributed by atoms with Gasteiger partial charge in [-0.25, -0.2) is 23.2 Å². The van der Waals surface area contributed by atoms with Crippen LogP contribution in [0.3, 0.4) is 0 Å². The van der Waals surface area contributed by atoms with E-state index < -0.39 is 15.8 Å². The number of anilines is 3. The van der Waals surface area contributed by atoms with E-state index in [2.05, 4.69) is 15.3 Å². The highest BCUT2D eigenvalue weighted by atomic mass is 32.2. The van der Waals surface area contributed by atoms with Crippen LogP contribution in [0, 0.1) is 0 Å². The molecule has 8 nitrogen and oxygen atoms in total. The van der Waals surface area contributed by atoms with Crippen LogP contribution in [0.5, 0.6) is 0 Å². The monoisotopic (exact) mass is 362 g/mol. The Morgan fingerprint density at radius 2 is 2.12 bits per heavy atom. The molecule has 2 heterocycles. The Labute approximate surface area is 145 Å². The van der Waals surface area contributed by atoms with Crippen molar-refractivity contribution in [1.29, 1.82) is 0 Å². The highest BCUT2D eigenvalue weighted by Crippen LogP contribution is 2.24. The molecule has 2 aromatic rings. The summed E-state index contributed by atoms with van der Waals surface area (Å²) in [7, 11) is -1.17. The number of nitrogens with zero attached hydrogens (tertiary/aromatic N) is 3. The first-order valence-electron chi connectivity index (χ1n) is 7.70. The predicted octanol–water partition coefficient (Wildman–Crippen LogP) is 1.54. The van der Waals surface area contributed by atoms with E-state index in [1.165, 1.54) is 18.5 Å². The van der Waals surface area contributed by atoms with Gasteiger partial charge in [-0.3, -0.25) is 0 Å². The number of benzene rings is 1. The number of carboxylic acid groups (broad SMARTS) is 1. The number of sulfone groups is 1. The summed E-state index contributed by atoms with van der Waals surface area (Å²) in [6.45, 7) is 0. The molecule has 1 unspecified atom stereocenters. The lowest BCUT2D eigenvalue weighted by Gasteiger charge is -2.24. The molecule has 3 rings (SSSR count). The molecule has 132 valence electrons. The molecular weight excluding hydrogens is 344 g/mol. The molecule has 1 fully saturated rings. The van der Waals surface area contributed by atoms with Crippen molar-refractivity contribution in [2.24, 2.45) is 0 Å². The van der Waals surface area contributed by atoms with E-state index in [1.807, 2.05) is 11.9 Å². The molecule has 0 saturated carbocycles. The quantitative estimate of drug-likeness (QED) is 0.824. The van der Waals surface area contributed by atoms with E-state index in [1.54, 1.807) is 18.2 Å². The minimum Gasteiger partial charge on any atom is -0.478 e. The summed E-state index contributed by atoms with van der Waals surface area (Å²) in [5.74, 6) is 0.417. The lowest BCUT2D eigenvalue weighted by molar-refractivity contribution is 0.0697. The van der Waals surface area contributed by atoms with E-state index in [-0.39, 0.29) is 23.1 Å². The number of hydrogen-bond donors (Lipinski definition) is 2. The Morgan fingerprint density at radius 3 is 2.80 bits per heavy atom. The third-order valence-corrected chi connectivity index (χ3v) is 5.90. The van der Waals surface area contributed by atoms with Crippen molar-refractivity contribution in [2.45, 2.75) is 12.5 Å². The lowest BCUT2D eigenvalue weighted by atomic mass is 10.2. The zero-order valence-corrected chi connectivity index (χ0v) is 14.4. The van der Waals surface area contributed by atoms with E-state index >= 15 is 0 Å². The fraction of sp³-hybridized carbons (Fsp3) is 0.312. The van der Waals surface area contributed by atoms with E-state index in [4.69, 9.17) is 5.11 Å². The molecule has 1 aliphatic rings. The van der Waals surface area contributed by atoms with Gasteiger partial charge in [0.1, 0.15) is 18.0 Å². The molecule has 1 aromatic heterocycles. The summed E-state index contributed by atoms with van der Waals surface area (Å²) in [4.78, 5) is 21.2. The van der Waals surface area contributed by atoms with Crippen LogP contribution in [0.15, 0.2) is 36.7 Å². The van der Waals surface area contributed by atoms with E-state index in [0.29, 0.717) is 23.7 Å². The van der Waals surface area contributed by atoms with Gasteiger partial charge in [0.05, 0.1) is 17.1 Å². The van der Waals surface area contributed by atoms with Crippen LogP contribution in [0.1, 0.15) is 16.8 Å². The Hall–Kier alpha value is -2.68. The fourth-order valence-corrected chi connectivity index (χ4v) is 4.53. The first kappa shape index (κ1) is 17.2. The second-order valence-electron chi connectivity index (χ2n) is 5.94. The van der Waals surface area contributed by atoms with Gasteiger partial charge in [-0.15, -0.1) is 0 Å². The number of hydrogen-bond acceptors (Lipinski definition) is 7. The normalized spacial score (nSPS) is 18.7. The van der Waals surface area contributed by atoms with Crippen molar-refractivity contribution in [3.05, 3.63) is 42.2 Å². The maximum absolute atomic E-state index is 11.7. The van der Waals surface area contributed by atoms with E-state index in [0.717, 1.165) is 0 Å². The van der Waals surface area contributed by atoms with Crippen molar-refractivity contribution < 1.29 is 18.3 Å². The molecule has 1 atom stereocenters. The SMILES string of the molecule is CN(c1cc(Nc2cccc(C(=O)O)c2)ncn1)C1CCS(=O)(=O)C1. The highest BCUT2D eigenvalue weighted by molar-refractivity contribution is 7.91. The topological polar surface area (TPSA) is 112 Å². The van der Waals surface area contributed by atoms with Gasteiger partial charge in [-0.05, 0) is 24.6 Å². The van der Waals surface area contributed by atoms with Crippen molar-refractivity contribution in [3.63, 3.8) is 0 Å². The standard InChI is InChI=1S/C16H18N4O4S/c1-20(13-5-6-25(23,24)9-13)15-8-14(17-10-18-15)19-12-4-2-3-11(7-12)16(21)22/h2-4,7-8,10,13H,5-6,9H2,1H3,(H,21,22)(H,17,18,19). The molecule has 2 N–H and O–H groups in total. The number of aromatic nitrogens is 2. The summed E-state index contributed by atoms with van der Waals surface area (Å²) < 4.78 is 23.3. The van der Waals surface area contributed by atoms with Gasteiger partial charge in [0.15, 0.2) is 9.84 Å². The van der Waals surface area contributed by atoms with Crippen LogP contribution in [-0.4, -0.2) is 54.1 Å². The molecule has 0 bridgehead atoms. The molecule has 0 amide bonds. The van der Waals surface area contributed by atoms with Crippen LogP contribution in [0.4, 0.5) is 17.3 Å². The molecule has 0 radical (unpaired) electrons. The summed E-state index contributed by atoms with van der Waals surface area (Å²) in [6.07, 6.45) is 1.96. The molecule has 0 aliphatic carbocycles. The number of nitrogens with one attached hydrogen (secondary N) is 1. The van der Waals surface area contributed by atoms with Gasteiger partial charge in [-0.1, -0.05) is 6.07 Å². The van der Waals surface area contributed by atoms with E-state index in [9.17, 15) is 13.2 Å². The van der Waals surface area contributed by atoms with Gasteiger partial charge >= 0.3 is 5.97 Å². The van der Waals surface area contributed by atoms with Crippen molar-refractivity contribution in [3.8, 4) is 0 Å². The zero-order chi connectivity index (χ0) is 18.0. The maximum Gasteiger partial charge on any atom is 0.335 e. The summed E-state index contributed by atoms with van der Waals surface area (Å²) in [6, 6.07) is 8.00. The van der Waals surface area contributed by atoms with Gasteiger partial charge < -0.3 is 15.3 Å². The van der Waals surface area contributed by atoms with Crippen LogP contribution >= 0.6 is 0 Å². The first-order valence-corrected chi connectivity index (χ1v) is 9.52. The highest BCUT2D eigenvalue weighted by Gasteiger charge is 2.31. The largest absolute Gasteiger partial charge is 0.478 e. The smallest absolute Gasteiger partial charge is 0.335 e. The third kappa shape index (κ3) is 4.05. The van der Waals surface area contributed by atoms with Crippen molar-refractivity contribution in [2.75, 3.05) is 28.8 Å². The molecule has 9 heteroatoms. The minimum absolute atomic E-state index is 0.108. The second-order valence-corrected chi connectivity index (χ2v) is 8.17. The summed E-state index contributed by atoms with van der Waals surface area (Å²) >= 11 is 0.